The Morgan fingerprint density at radius 2 is 1.51 bits per heavy atom. The molecule has 0 spiro atoms. The van der Waals surface area contributed by atoms with Gasteiger partial charge in [0, 0.05) is 23.9 Å². The number of fused-ring (bicyclic) bond motifs is 1. The van der Waals surface area contributed by atoms with Crippen LogP contribution < -0.4 is 29.2 Å². The van der Waals surface area contributed by atoms with E-state index in [0.717, 1.165) is 5.56 Å². The number of amides is 2. The molecule has 3 aromatic rings. The van der Waals surface area contributed by atoms with Crippen molar-refractivity contribution in [1.82, 2.24) is 0 Å². The van der Waals surface area contributed by atoms with Gasteiger partial charge in [0.25, 0.3) is 0 Å². The number of benzene rings is 3. The van der Waals surface area contributed by atoms with Gasteiger partial charge in [-0.1, -0.05) is 12.1 Å². The second-order valence-electron chi connectivity index (χ2n) is 8.34. The lowest BCUT2D eigenvalue weighted by Crippen LogP contribution is -2.32. The van der Waals surface area contributed by atoms with Gasteiger partial charge in [0.2, 0.25) is 11.8 Å². The second kappa shape index (κ2) is 9.58. The van der Waals surface area contributed by atoms with E-state index in [9.17, 15) is 9.59 Å². The lowest BCUT2D eigenvalue weighted by atomic mass is 9.92. The van der Waals surface area contributed by atoms with Gasteiger partial charge in [0.1, 0.15) is 24.7 Å². The molecule has 1 N–H and O–H groups in total. The van der Waals surface area contributed by atoms with Crippen molar-refractivity contribution in [3.05, 3.63) is 72.3 Å². The maximum absolute atomic E-state index is 13.5. The lowest BCUT2D eigenvalue weighted by Gasteiger charge is -2.29. The Balaban J connectivity index is 1.46. The van der Waals surface area contributed by atoms with Crippen LogP contribution in [0.15, 0.2) is 66.7 Å². The minimum Gasteiger partial charge on any atom is -0.497 e. The molecule has 2 aliphatic rings. The highest BCUT2D eigenvalue weighted by atomic mass is 16.6. The van der Waals surface area contributed by atoms with E-state index in [1.165, 1.54) is 0 Å². The topological polar surface area (TPSA) is 86.3 Å². The summed E-state index contributed by atoms with van der Waals surface area (Å²) in [6.45, 7) is 0.950. The zero-order chi connectivity index (χ0) is 24.4. The number of nitrogens with one attached hydrogen (secondary N) is 1. The van der Waals surface area contributed by atoms with Crippen molar-refractivity contribution in [2.45, 2.75) is 12.5 Å². The number of nitrogens with zero attached hydrogens (tertiary/aromatic N) is 1. The fraction of sp³-hybridized carbons (Fsp3) is 0.259. The number of hydrogen-bond donors (Lipinski definition) is 1. The molecule has 2 aliphatic heterocycles. The number of rotatable bonds is 6. The molecule has 8 nitrogen and oxygen atoms in total. The van der Waals surface area contributed by atoms with Crippen LogP contribution in [0.3, 0.4) is 0 Å². The fourth-order valence-electron chi connectivity index (χ4n) is 4.56. The lowest BCUT2D eigenvalue weighted by molar-refractivity contribution is -0.122. The van der Waals surface area contributed by atoms with Crippen LogP contribution in [-0.4, -0.2) is 39.2 Å². The Morgan fingerprint density at radius 3 is 2.17 bits per heavy atom. The van der Waals surface area contributed by atoms with Gasteiger partial charge in [-0.25, -0.2) is 0 Å². The minimum absolute atomic E-state index is 0.0825. The zero-order valence-corrected chi connectivity index (χ0v) is 19.5. The van der Waals surface area contributed by atoms with E-state index in [4.69, 9.17) is 18.9 Å². The second-order valence-corrected chi connectivity index (χ2v) is 8.34. The molecule has 35 heavy (non-hydrogen) atoms. The van der Waals surface area contributed by atoms with Gasteiger partial charge < -0.3 is 29.2 Å². The molecule has 1 saturated heterocycles. The molecule has 0 aliphatic carbocycles. The molecule has 1 fully saturated rings. The Bertz CT molecular complexity index is 1230. The first-order chi connectivity index (χ1) is 17.1. The van der Waals surface area contributed by atoms with E-state index < -0.39 is 12.0 Å². The van der Waals surface area contributed by atoms with Crippen LogP contribution >= 0.6 is 0 Å². The molecule has 2 unspecified atom stereocenters. The monoisotopic (exact) mass is 474 g/mol. The average Bonchev–Trinajstić information content (AvgIpc) is 3.25. The molecule has 2 heterocycles. The fourth-order valence-corrected chi connectivity index (χ4v) is 4.56. The van der Waals surface area contributed by atoms with Crippen LogP contribution in [-0.2, 0) is 9.59 Å². The largest absolute Gasteiger partial charge is 0.497 e. The molecule has 2 atom stereocenters. The van der Waals surface area contributed by atoms with Gasteiger partial charge in [-0.3, -0.25) is 9.59 Å². The van der Waals surface area contributed by atoms with Crippen LogP contribution in [0, 0.1) is 5.92 Å². The van der Waals surface area contributed by atoms with Crippen LogP contribution in [0.2, 0.25) is 0 Å². The van der Waals surface area contributed by atoms with Crippen molar-refractivity contribution in [3.63, 3.8) is 0 Å². The maximum atomic E-state index is 13.5. The summed E-state index contributed by atoms with van der Waals surface area (Å²) in [6, 6.07) is 19.5. The Labute approximate surface area is 203 Å². The summed E-state index contributed by atoms with van der Waals surface area (Å²) in [5, 5.41) is 2.97. The SMILES string of the molecule is COc1ccc(C2C(C(=O)Nc3ccc4c(c3)OCCO4)CC(=O)N2c2ccc(OC)cc2)cc1. The van der Waals surface area contributed by atoms with E-state index in [1.807, 2.05) is 36.4 Å². The summed E-state index contributed by atoms with van der Waals surface area (Å²) in [7, 11) is 3.19. The standard InChI is InChI=1S/C27H26N2O6/c1-32-20-8-3-17(4-9-20)26-22(16-25(30)29(26)19-6-10-21(33-2)11-7-19)27(31)28-18-5-12-23-24(15-18)35-14-13-34-23/h3-12,15,22,26H,13-14,16H2,1-2H3,(H,28,31). The molecular weight excluding hydrogens is 448 g/mol. The third-order valence-corrected chi connectivity index (χ3v) is 6.28. The van der Waals surface area contributed by atoms with Crippen LogP contribution in [0.4, 0.5) is 11.4 Å². The number of anilines is 2. The minimum atomic E-state index is -0.605. The average molecular weight is 475 g/mol. The highest BCUT2D eigenvalue weighted by Crippen LogP contribution is 2.43. The van der Waals surface area contributed by atoms with Gasteiger partial charge in [-0.2, -0.15) is 0 Å². The summed E-state index contributed by atoms with van der Waals surface area (Å²) < 4.78 is 21.7. The molecule has 0 aromatic heterocycles. The molecule has 2 amide bonds. The van der Waals surface area contributed by atoms with Crippen molar-refractivity contribution in [1.29, 1.82) is 0 Å². The van der Waals surface area contributed by atoms with E-state index in [0.29, 0.717) is 47.6 Å². The predicted octanol–water partition coefficient (Wildman–Crippen LogP) is 4.21. The number of carbonyl (C=O) groups is 2. The smallest absolute Gasteiger partial charge is 0.230 e. The van der Waals surface area contributed by atoms with Gasteiger partial charge >= 0.3 is 0 Å². The van der Waals surface area contributed by atoms with Crippen molar-refractivity contribution >= 4 is 23.2 Å². The van der Waals surface area contributed by atoms with E-state index in [-0.39, 0.29) is 18.2 Å². The molecule has 0 radical (unpaired) electrons. The van der Waals surface area contributed by atoms with Crippen molar-refractivity contribution in [2.75, 3.05) is 37.7 Å². The number of methoxy groups -OCH3 is 2. The number of carbonyl (C=O) groups excluding carboxylic acids is 2. The highest BCUT2D eigenvalue weighted by Gasteiger charge is 2.45. The number of ether oxygens (including phenoxy) is 4. The van der Waals surface area contributed by atoms with Gasteiger partial charge in [0.05, 0.1) is 26.2 Å². The van der Waals surface area contributed by atoms with E-state index in [2.05, 4.69) is 5.32 Å². The van der Waals surface area contributed by atoms with Crippen LogP contribution in [0.25, 0.3) is 0 Å². The molecule has 0 bridgehead atoms. The highest BCUT2D eigenvalue weighted by molar-refractivity contribution is 6.04. The van der Waals surface area contributed by atoms with Crippen molar-refractivity contribution in [3.8, 4) is 23.0 Å². The molecule has 0 saturated carbocycles. The van der Waals surface area contributed by atoms with E-state index in [1.54, 1.807) is 49.5 Å². The summed E-state index contributed by atoms with van der Waals surface area (Å²) in [5.41, 5.74) is 2.13. The first kappa shape index (κ1) is 22.6. The van der Waals surface area contributed by atoms with Crippen LogP contribution in [0.1, 0.15) is 18.0 Å². The quantitative estimate of drug-likeness (QED) is 0.576. The first-order valence-electron chi connectivity index (χ1n) is 11.4. The summed E-state index contributed by atoms with van der Waals surface area (Å²) in [6.07, 6.45) is 0.0825. The molecule has 8 heteroatoms. The molecule has 180 valence electrons. The summed E-state index contributed by atoms with van der Waals surface area (Å²) >= 11 is 0. The first-order valence-corrected chi connectivity index (χ1v) is 11.4. The Hall–Kier alpha value is -4.20. The number of hydrogen-bond acceptors (Lipinski definition) is 6. The normalized spacial score (nSPS) is 18.8. The predicted molar refractivity (Wildman–Crippen MR) is 130 cm³/mol. The van der Waals surface area contributed by atoms with Crippen molar-refractivity contribution in [2.24, 2.45) is 5.92 Å². The molecular formula is C27H26N2O6. The van der Waals surface area contributed by atoms with Gasteiger partial charge in [0.15, 0.2) is 11.5 Å². The zero-order valence-electron chi connectivity index (χ0n) is 19.5. The summed E-state index contributed by atoms with van der Waals surface area (Å²) in [4.78, 5) is 28.4. The molecule has 3 aromatic carbocycles. The molecule has 5 rings (SSSR count). The Morgan fingerprint density at radius 1 is 0.886 bits per heavy atom. The summed E-state index contributed by atoms with van der Waals surface area (Å²) in [5.74, 6) is 1.65. The van der Waals surface area contributed by atoms with Gasteiger partial charge in [-0.05, 0) is 54.1 Å². The van der Waals surface area contributed by atoms with Crippen molar-refractivity contribution < 1.29 is 28.5 Å². The van der Waals surface area contributed by atoms with Gasteiger partial charge in [-0.15, -0.1) is 0 Å². The maximum Gasteiger partial charge on any atom is 0.230 e. The third kappa shape index (κ3) is 4.47. The van der Waals surface area contributed by atoms with E-state index >= 15 is 0 Å². The third-order valence-electron chi connectivity index (χ3n) is 6.28. The Kier molecular flexibility index (Phi) is 6.18. The van der Waals surface area contributed by atoms with Crippen LogP contribution in [0.5, 0.6) is 23.0 Å².